The van der Waals surface area contributed by atoms with E-state index in [-0.39, 0.29) is 40.6 Å². The summed E-state index contributed by atoms with van der Waals surface area (Å²) in [6, 6.07) is 1.44. The van der Waals surface area contributed by atoms with Gasteiger partial charge < -0.3 is 0 Å². The van der Waals surface area contributed by atoms with E-state index in [2.05, 4.69) is 30.4 Å². The average Bonchev–Trinajstić information content (AvgIpc) is 2.62. The molecule has 0 amide bonds. The summed E-state index contributed by atoms with van der Waals surface area (Å²) in [5.41, 5.74) is 0.517. The van der Waals surface area contributed by atoms with Crippen LogP contribution in [0.2, 0.25) is 0 Å². The second-order valence-electron chi connectivity index (χ2n) is 6.35. The lowest BCUT2D eigenvalue weighted by atomic mass is 9.90. The fraction of sp³-hybridized carbons (Fsp3) is 0.450. The van der Waals surface area contributed by atoms with Crippen LogP contribution in [0.4, 0.5) is 0 Å². The van der Waals surface area contributed by atoms with Gasteiger partial charge in [-0.2, -0.15) is 0 Å². The second-order valence-corrected chi connectivity index (χ2v) is 7.52. The van der Waals surface area contributed by atoms with Crippen LogP contribution in [0.25, 0.3) is 0 Å². The highest BCUT2D eigenvalue weighted by atomic mass is 32.2. The molecule has 0 aliphatic heterocycles. The first-order chi connectivity index (χ1) is 12.2. The molecule has 0 bridgehead atoms. The maximum Gasteiger partial charge on any atom is 0.181 e. The van der Waals surface area contributed by atoms with Gasteiger partial charge in [0.1, 0.15) is 17.7 Å². The van der Waals surface area contributed by atoms with Crippen LogP contribution in [0, 0.1) is 11.8 Å². The Morgan fingerprint density at radius 3 is 2.35 bits per heavy atom. The molecule has 0 spiro atoms. The van der Waals surface area contributed by atoms with Gasteiger partial charge in [-0.25, -0.2) is 9.97 Å². The first kappa shape index (κ1) is 22.0. The lowest BCUT2D eigenvalue weighted by Crippen LogP contribution is -2.13. The molecule has 0 aliphatic carbocycles. The monoisotopic (exact) mass is 374 g/mol. The summed E-state index contributed by atoms with van der Waals surface area (Å²) in [6.07, 6.45) is 4.04. The highest BCUT2D eigenvalue weighted by Crippen LogP contribution is 2.35. The van der Waals surface area contributed by atoms with Gasteiger partial charge in [0.25, 0.3) is 0 Å². The SMILES string of the molecule is C=C(S/C(=C\C)C(C)=O)C(C)C(C)CCC(=O)c1cc(C(C)=O)ncn1. The summed E-state index contributed by atoms with van der Waals surface area (Å²) >= 11 is 1.40. The van der Waals surface area contributed by atoms with E-state index < -0.39 is 0 Å². The molecule has 0 fully saturated rings. The van der Waals surface area contributed by atoms with Crippen LogP contribution in [0.15, 0.2) is 34.9 Å². The predicted molar refractivity (Wildman–Crippen MR) is 105 cm³/mol. The zero-order valence-electron chi connectivity index (χ0n) is 16.0. The van der Waals surface area contributed by atoms with E-state index in [1.165, 1.54) is 31.1 Å². The van der Waals surface area contributed by atoms with Crippen molar-refractivity contribution < 1.29 is 14.4 Å². The first-order valence-electron chi connectivity index (χ1n) is 8.57. The number of aromatic nitrogens is 2. The highest BCUT2D eigenvalue weighted by molar-refractivity contribution is 8.07. The van der Waals surface area contributed by atoms with Crippen molar-refractivity contribution in [3.8, 4) is 0 Å². The van der Waals surface area contributed by atoms with Gasteiger partial charge >= 0.3 is 0 Å². The molecule has 1 rings (SSSR count). The van der Waals surface area contributed by atoms with Crippen LogP contribution in [0.1, 0.15) is 68.4 Å². The van der Waals surface area contributed by atoms with E-state index in [9.17, 15) is 14.4 Å². The van der Waals surface area contributed by atoms with Crippen molar-refractivity contribution >= 4 is 29.1 Å². The quantitative estimate of drug-likeness (QED) is 0.438. The fourth-order valence-corrected chi connectivity index (χ4v) is 3.29. The minimum absolute atomic E-state index is 0.0266. The van der Waals surface area contributed by atoms with Crippen LogP contribution in [-0.4, -0.2) is 27.3 Å². The number of hydrogen-bond acceptors (Lipinski definition) is 6. The number of thioether (sulfide) groups is 1. The summed E-state index contributed by atoms with van der Waals surface area (Å²) in [4.78, 5) is 44.7. The van der Waals surface area contributed by atoms with Crippen molar-refractivity contribution in [1.29, 1.82) is 0 Å². The molecular weight excluding hydrogens is 348 g/mol. The zero-order chi connectivity index (χ0) is 19.9. The topological polar surface area (TPSA) is 77.0 Å². The predicted octanol–water partition coefficient (Wildman–Crippen LogP) is 4.65. The molecule has 2 atom stereocenters. The minimum Gasteiger partial charge on any atom is -0.294 e. The Hall–Kier alpha value is -2.08. The molecule has 1 aromatic heterocycles. The number of Topliss-reactive ketones (excluding diaryl/α,β-unsaturated/α-hetero) is 3. The van der Waals surface area contributed by atoms with Crippen molar-refractivity contribution in [2.24, 2.45) is 11.8 Å². The van der Waals surface area contributed by atoms with Crippen LogP contribution in [0.3, 0.4) is 0 Å². The van der Waals surface area contributed by atoms with Gasteiger partial charge in [0.2, 0.25) is 0 Å². The standard InChI is InChI=1S/C20H26N2O3S/c1-7-20(15(5)24)26-16(6)13(3)12(2)8-9-19(25)18-10-17(14(4)23)21-11-22-18/h7,10-13H,6,8-9H2,1-5H3/b20-7-. The molecule has 0 saturated heterocycles. The molecular formula is C20H26N2O3S. The van der Waals surface area contributed by atoms with Crippen molar-refractivity contribution in [2.45, 2.75) is 47.5 Å². The van der Waals surface area contributed by atoms with Gasteiger partial charge in [0.05, 0.1) is 4.91 Å². The van der Waals surface area contributed by atoms with Gasteiger partial charge in [-0.05, 0) is 43.1 Å². The lowest BCUT2D eigenvalue weighted by molar-refractivity contribution is -0.112. The largest absolute Gasteiger partial charge is 0.294 e. The Kier molecular flexibility index (Phi) is 8.58. The maximum absolute atomic E-state index is 12.3. The fourth-order valence-electron chi connectivity index (χ4n) is 2.32. The Morgan fingerprint density at radius 1 is 1.19 bits per heavy atom. The summed E-state index contributed by atoms with van der Waals surface area (Å²) in [5, 5.41) is 0. The third-order valence-corrected chi connectivity index (χ3v) is 5.73. The first-order valence-corrected chi connectivity index (χ1v) is 9.39. The third-order valence-electron chi connectivity index (χ3n) is 4.35. The van der Waals surface area contributed by atoms with Crippen molar-refractivity contribution in [1.82, 2.24) is 9.97 Å². The Labute approximate surface area is 159 Å². The molecule has 0 N–H and O–H groups in total. The normalized spacial score (nSPS) is 13.8. The number of allylic oxidation sites excluding steroid dienone is 3. The van der Waals surface area contributed by atoms with Gasteiger partial charge in [-0.1, -0.05) is 38.3 Å². The number of rotatable bonds is 10. The average molecular weight is 375 g/mol. The zero-order valence-corrected chi connectivity index (χ0v) is 16.9. The van der Waals surface area contributed by atoms with Crippen LogP contribution in [0.5, 0.6) is 0 Å². The summed E-state index contributed by atoms with van der Waals surface area (Å²) in [5.74, 6) is 0.101. The Bertz CT molecular complexity index is 740. The van der Waals surface area contributed by atoms with Crippen molar-refractivity contribution in [3.63, 3.8) is 0 Å². The molecule has 6 heteroatoms. The number of carbonyl (C=O) groups is 3. The molecule has 1 aromatic rings. The third kappa shape index (κ3) is 6.33. The molecule has 5 nitrogen and oxygen atoms in total. The lowest BCUT2D eigenvalue weighted by Gasteiger charge is -2.22. The number of ketones is 3. The van der Waals surface area contributed by atoms with Gasteiger partial charge in [0, 0.05) is 13.3 Å². The van der Waals surface area contributed by atoms with E-state index in [1.54, 1.807) is 13.0 Å². The van der Waals surface area contributed by atoms with Gasteiger partial charge in [-0.15, -0.1) is 0 Å². The van der Waals surface area contributed by atoms with Gasteiger partial charge in [-0.3, -0.25) is 14.4 Å². The Morgan fingerprint density at radius 2 is 1.81 bits per heavy atom. The molecule has 26 heavy (non-hydrogen) atoms. The molecule has 0 radical (unpaired) electrons. The van der Waals surface area contributed by atoms with E-state index in [1.807, 2.05) is 6.92 Å². The highest BCUT2D eigenvalue weighted by Gasteiger charge is 2.20. The molecule has 0 saturated carbocycles. The smallest absolute Gasteiger partial charge is 0.181 e. The number of nitrogens with zero attached hydrogens (tertiary/aromatic N) is 2. The number of hydrogen-bond donors (Lipinski definition) is 0. The summed E-state index contributed by atoms with van der Waals surface area (Å²) < 4.78 is 0. The van der Waals surface area contributed by atoms with E-state index >= 15 is 0 Å². The molecule has 1 heterocycles. The van der Waals surface area contributed by atoms with Gasteiger partial charge in [0.15, 0.2) is 17.3 Å². The molecule has 140 valence electrons. The minimum atomic E-state index is -0.193. The van der Waals surface area contributed by atoms with E-state index in [0.29, 0.717) is 17.7 Å². The van der Waals surface area contributed by atoms with Crippen molar-refractivity contribution in [3.05, 3.63) is 46.2 Å². The van der Waals surface area contributed by atoms with Crippen LogP contribution >= 0.6 is 11.8 Å². The van der Waals surface area contributed by atoms with Crippen LogP contribution < -0.4 is 0 Å². The van der Waals surface area contributed by atoms with Crippen molar-refractivity contribution in [2.75, 3.05) is 0 Å². The van der Waals surface area contributed by atoms with E-state index in [4.69, 9.17) is 0 Å². The molecule has 2 unspecified atom stereocenters. The summed E-state index contributed by atoms with van der Waals surface area (Å²) in [6.45, 7) is 13.0. The number of carbonyl (C=O) groups excluding carboxylic acids is 3. The second kappa shape index (κ2) is 10.2. The summed E-state index contributed by atoms with van der Waals surface area (Å²) in [7, 11) is 0. The maximum atomic E-state index is 12.3. The molecule has 0 aliphatic rings. The van der Waals surface area contributed by atoms with Crippen LogP contribution in [-0.2, 0) is 4.79 Å². The molecule has 0 aromatic carbocycles. The Balaban J connectivity index is 2.64. The van der Waals surface area contributed by atoms with E-state index in [0.717, 1.165) is 4.91 Å².